The lowest BCUT2D eigenvalue weighted by Crippen LogP contribution is -2.16. The van der Waals surface area contributed by atoms with Gasteiger partial charge in [0.15, 0.2) is 0 Å². The third-order valence-electron chi connectivity index (χ3n) is 4.01. The van der Waals surface area contributed by atoms with E-state index in [0.717, 1.165) is 36.1 Å². The first kappa shape index (κ1) is 13.7. The van der Waals surface area contributed by atoms with Gasteiger partial charge in [0.1, 0.15) is 35.6 Å². The van der Waals surface area contributed by atoms with Crippen LogP contribution in [0.4, 0.5) is 5.82 Å². The molecule has 0 spiro atoms. The van der Waals surface area contributed by atoms with Crippen molar-refractivity contribution < 1.29 is 9.52 Å². The Hall–Kier alpha value is -2.32. The van der Waals surface area contributed by atoms with E-state index in [2.05, 4.69) is 18.0 Å². The molecule has 0 unspecified atom stereocenters. The molecule has 0 amide bonds. The summed E-state index contributed by atoms with van der Waals surface area (Å²) in [4.78, 5) is 4.40. The van der Waals surface area contributed by atoms with Gasteiger partial charge in [-0.3, -0.25) is 0 Å². The van der Waals surface area contributed by atoms with Crippen molar-refractivity contribution in [2.24, 2.45) is 5.92 Å². The summed E-state index contributed by atoms with van der Waals surface area (Å²) >= 11 is 0. The van der Waals surface area contributed by atoms with Gasteiger partial charge < -0.3 is 15.3 Å². The normalized spacial score (nSPS) is 17.3. The topological polar surface area (TPSA) is 96.1 Å². The van der Waals surface area contributed by atoms with Crippen molar-refractivity contribution in [1.82, 2.24) is 4.98 Å². The first-order valence-corrected chi connectivity index (χ1v) is 7.05. The van der Waals surface area contributed by atoms with Crippen LogP contribution in [0.3, 0.4) is 0 Å². The summed E-state index contributed by atoms with van der Waals surface area (Å²) in [6.45, 7) is 2.03. The van der Waals surface area contributed by atoms with E-state index in [9.17, 15) is 5.26 Å². The van der Waals surface area contributed by atoms with Crippen molar-refractivity contribution in [2.45, 2.75) is 32.8 Å². The molecule has 1 aliphatic carbocycles. The number of nitrogens with two attached hydrogens (primary N) is 1. The van der Waals surface area contributed by atoms with Crippen LogP contribution in [0.5, 0.6) is 0 Å². The number of hydrogen-bond donors (Lipinski definition) is 2. The fourth-order valence-electron chi connectivity index (χ4n) is 2.93. The molecule has 1 aliphatic rings. The third-order valence-corrected chi connectivity index (χ3v) is 4.01. The van der Waals surface area contributed by atoms with Crippen molar-refractivity contribution >= 4 is 5.82 Å². The van der Waals surface area contributed by atoms with Gasteiger partial charge in [0, 0.05) is 11.3 Å². The maximum atomic E-state index is 9.43. The van der Waals surface area contributed by atoms with Crippen LogP contribution >= 0.6 is 0 Å². The summed E-state index contributed by atoms with van der Waals surface area (Å²) in [7, 11) is 0. The summed E-state index contributed by atoms with van der Waals surface area (Å²) in [5.41, 5.74) is 9.06. The number of aromatic nitrogens is 1. The van der Waals surface area contributed by atoms with Crippen molar-refractivity contribution in [1.29, 1.82) is 5.26 Å². The minimum atomic E-state index is -0.166. The molecular weight excluding hydrogens is 266 g/mol. The molecule has 21 heavy (non-hydrogen) atoms. The molecule has 5 heteroatoms. The van der Waals surface area contributed by atoms with Crippen molar-refractivity contribution in [3.63, 3.8) is 0 Å². The molecule has 108 valence electrons. The summed E-state index contributed by atoms with van der Waals surface area (Å²) in [5, 5.41) is 18.6. The van der Waals surface area contributed by atoms with Gasteiger partial charge in [0.05, 0.1) is 0 Å². The molecule has 2 aromatic heterocycles. The zero-order chi connectivity index (χ0) is 15.0. The standard InChI is InChI=1S/C16H17N3O2/c1-9-2-4-13-11(6-9)15(12(7-17)16(18)19-13)14-5-3-10(8-20)21-14/h3,5,9,20H,2,4,6,8H2,1H3,(H2,18,19)/t9-/m0/s1. The van der Waals surface area contributed by atoms with E-state index in [1.165, 1.54) is 0 Å². The molecule has 2 heterocycles. The molecule has 2 aromatic rings. The van der Waals surface area contributed by atoms with Crippen molar-refractivity contribution in [3.05, 3.63) is 34.7 Å². The van der Waals surface area contributed by atoms with Crippen LogP contribution in [-0.2, 0) is 19.4 Å². The molecule has 0 aliphatic heterocycles. The first-order valence-electron chi connectivity index (χ1n) is 7.05. The number of nitrogen functional groups attached to an aromatic ring is 1. The molecule has 0 bridgehead atoms. The lowest BCUT2D eigenvalue weighted by molar-refractivity contribution is 0.248. The predicted molar refractivity (Wildman–Crippen MR) is 78.2 cm³/mol. The van der Waals surface area contributed by atoms with Gasteiger partial charge in [0.2, 0.25) is 0 Å². The maximum absolute atomic E-state index is 9.43. The molecule has 0 fully saturated rings. The quantitative estimate of drug-likeness (QED) is 0.882. The Morgan fingerprint density at radius 1 is 1.52 bits per heavy atom. The van der Waals surface area contributed by atoms with Crippen LogP contribution < -0.4 is 5.73 Å². The fourth-order valence-corrected chi connectivity index (χ4v) is 2.93. The highest BCUT2D eigenvalue weighted by Gasteiger charge is 2.26. The van der Waals surface area contributed by atoms with Gasteiger partial charge in [0.25, 0.3) is 0 Å². The Morgan fingerprint density at radius 3 is 3.00 bits per heavy atom. The summed E-state index contributed by atoms with van der Waals surface area (Å²) in [6, 6.07) is 5.64. The van der Waals surface area contributed by atoms with E-state index in [4.69, 9.17) is 15.3 Å². The average Bonchev–Trinajstić information content (AvgIpc) is 2.95. The largest absolute Gasteiger partial charge is 0.459 e. The third kappa shape index (κ3) is 2.28. The van der Waals surface area contributed by atoms with Crippen LogP contribution in [0.1, 0.15) is 35.9 Å². The second-order valence-corrected chi connectivity index (χ2v) is 5.56. The highest BCUT2D eigenvalue weighted by Crippen LogP contribution is 2.37. The maximum Gasteiger partial charge on any atom is 0.142 e. The molecule has 0 saturated heterocycles. The molecule has 5 nitrogen and oxygen atoms in total. The van der Waals surface area contributed by atoms with Crippen molar-refractivity contribution in [2.75, 3.05) is 5.73 Å². The van der Waals surface area contributed by atoms with E-state index in [1.54, 1.807) is 12.1 Å². The molecule has 1 atom stereocenters. The molecule has 3 N–H and O–H groups in total. The van der Waals surface area contributed by atoms with Gasteiger partial charge >= 0.3 is 0 Å². The number of rotatable bonds is 2. The number of pyridine rings is 1. The molecule has 0 radical (unpaired) electrons. The number of anilines is 1. The number of nitriles is 1. The number of nitrogens with zero attached hydrogens (tertiary/aromatic N) is 2. The first-order chi connectivity index (χ1) is 10.1. The van der Waals surface area contributed by atoms with Crippen LogP contribution in [-0.4, -0.2) is 10.1 Å². The summed E-state index contributed by atoms with van der Waals surface area (Å²) in [5.74, 6) is 1.85. The van der Waals surface area contributed by atoms with Crippen LogP contribution in [0.15, 0.2) is 16.5 Å². The number of aryl methyl sites for hydroxylation is 1. The molecular formula is C16H17N3O2. The van der Waals surface area contributed by atoms with E-state index in [1.807, 2.05) is 0 Å². The van der Waals surface area contributed by atoms with Gasteiger partial charge in [-0.2, -0.15) is 5.26 Å². The summed E-state index contributed by atoms with van der Waals surface area (Å²) in [6.07, 6.45) is 2.81. The van der Waals surface area contributed by atoms with Crippen LogP contribution in [0.2, 0.25) is 0 Å². The fraction of sp³-hybridized carbons (Fsp3) is 0.375. The van der Waals surface area contributed by atoms with E-state index in [0.29, 0.717) is 23.0 Å². The Bertz CT molecular complexity index is 728. The predicted octanol–water partition coefficient (Wildman–Crippen LogP) is 2.41. The monoisotopic (exact) mass is 283 g/mol. The number of aliphatic hydroxyl groups excluding tert-OH is 1. The highest BCUT2D eigenvalue weighted by atomic mass is 16.4. The SMILES string of the molecule is C[C@H]1CCc2nc(N)c(C#N)c(-c3ccc(CO)o3)c2C1. The smallest absolute Gasteiger partial charge is 0.142 e. The van der Waals surface area contributed by atoms with Gasteiger partial charge in [-0.25, -0.2) is 4.98 Å². The Morgan fingerprint density at radius 2 is 2.33 bits per heavy atom. The second-order valence-electron chi connectivity index (χ2n) is 5.56. The minimum absolute atomic E-state index is 0.166. The Kier molecular flexibility index (Phi) is 3.40. The van der Waals surface area contributed by atoms with Gasteiger partial charge in [-0.1, -0.05) is 6.92 Å². The number of fused-ring (bicyclic) bond motifs is 1. The lowest BCUT2D eigenvalue weighted by atomic mass is 9.83. The van der Waals surface area contributed by atoms with E-state index >= 15 is 0 Å². The van der Waals surface area contributed by atoms with Crippen LogP contribution in [0.25, 0.3) is 11.3 Å². The number of aliphatic hydroxyl groups is 1. The highest BCUT2D eigenvalue weighted by molar-refractivity contribution is 5.76. The Labute approximate surface area is 123 Å². The van der Waals surface area contributed by atoms with Crippen LogP contribution in [0, 0.1) is 17.2 Å². The second kappa shape index (κ2) is 5.23. The van der Waals surface area contributed by atoms with Crippen molar-refractivity contribution in [3.8, 4) is 17.4 Å². The van der Waals surface area contributed by atoms with E-state index in [-0.39, 0.29) is 12.4 Å². The zero-order valence-corrected chi connectivity index (χ0v) is 11.9. The minimum Gasteiger partial charge on any atom is -0.459 e. The average molecular weight is 283 g/mol. The number of hydrogen-bond acceptors (Lipinski definition) is 5. The van der Waals surface area contributed by atoms with E-state index < -0.39 is 0 Å². The Balaban J connectivity index is 2.25. The zero-order valence-electron chi connectivity index (χ0n) is 11.9. The summed E-state index contributed by atoms with van der Waals surface area (Å²) < 4.78 is 5.63. The van der Waals surface area contributed by atoms with Gasteiger partial charge in [-0.05, 0) is 42.9 Å². The number of furan rings is 1. The lowest BCUT2D eigenvalue weighted by Gasteiger charge is -2.24. The molecule has 0 saturated carbocycles. The molecule has 3 rings (SSSR count). The van der Waals surface area contributed by atoms with Gasteiger partial charge in [-0.15, -0.1) is 0 Å². The molecule has 0 aromatic carbocycles.